The maximum Gasteiger partial charge on any atom is 1.00 e. The second-order valence-corrected chi connectivity index (χ2v) is 9.58. The van der Waals surface area contributed by atoms with Crippen LogP contribution in [0.25, 0.3) is 0 Å². The van der Waals surface area contributed by atoms with Gasteiger partial charge in [-0.25, -0.2) is 8.42 Å². The Bertz CT molecular complexity index is 399. The smallest absolute Gasteiger partial charge is 0.748 e. The van der Waals surface area contributed by atoms with Gasteiger partial charge in [-0.1, -0.05) is 96.8 Å². The average Bonchev–Trinajstić information content (AvgIpc) is 2.56. The fourth-order valence-electron chi connectivity index (χ4n) is 3.46. The van der Waals surface area contributed by atoms with Crippen LogP contribution in [0.3, 0.4) is 0 Å². The van der Waals surface area contributed by atoms with E-state index in [2.05, 4.69) is 6.92 Å². The van der Waals surface area contributed by atoms with Crippen molar-refractivity contribution in [2.75, 3.05) is 0 Å². The van der Waals surface area contributed by atoms with Gasteiger partial charge in [0.25, 0.3) is 0 Å². The van der Waals surface area contributed by atoms with E-state index < -0.39 is 15.4 Å². The third-order valence-corrected chi connectivity index (χ3v) is 6.47. The quantitative estimate of drug-likeness (QED) is 0.200. The molecule has 0 aliphatic rings. The molecule has 0 saturated carbocycles. The zero-order valence-electron chi connectivity index (χ0n) is 18.3. The molecule has 0 bridgehead atoms. The summed E-state index contributed by atoms with van der Waals surface area (Å²) < 4.78 is 34.3. The van der Waals surface area contributed by atoms with Gasteiger partial charge in [0, 0.05) is 5.25 Å². The zero-order valence-corrected chi connectivity index (χ0v) is 21.1. The van der Waals surface area contributed by atoms with E-state index in [4.69, 9.17) is 0 Å². The van der Waals surface area contributed by atoms with Crippen molar-refractivity contribution in [1.29, 1.82) is 0 Å². The summed E-state index contributed by atoms with van der Waals surface area (Å²) in [5.41, 5.74) is 0. The SMILES string of the molecule is CCCCCCCCC(CCCCCCCCCCC(C)O)S(=O)(=O)[O-].[Na+]. The van der Waals surface area contributed by atoms with Crippen LogP contribution in [0, 0.1) is 0 Å². The summed E-state index contributed by atoms with van der Waals surface area (Å²) in [5.74, 6) is 0. The first-order valence-corrected chi connectivity index (χ1v) is 12.5. The number of aliphatic hydroxyl groups excluding tert-OH is 1. The molecule has 0 amide bonds. The molecular weight excluding hydrogens is 371 g/mol. The van der Waals surface area contributed by atoms with Crippen LogP contribution in [-0.4, -0.2) is 29.4 Å². The van der Waals surface area contributed by atoms with Gasteiger partial charge in [-0.2, -0.15) is 0 Å². The van der Waals surface area contributed by atoms with Crippen molar-refractivity contribution in [3.05, 3.63) is 0 Å². The number of unbranched alkanes of at least 4 members (excludes halogenated alkanes) is 12. The Labute approximate surface area is 191 Å². The molecule has 0 aromatic carbocycles. The Kier molecular flexibility index (Phi) is 22.4. The van der Waals surface area contributed by atoms with Crippen LogP contribution in [0.5, 0.6) is 0 Å². The molecule has 2 atom stereocenters. The van der Waals surface area contributed by atoms with Crippen molar-refractivity contribution in [1.82, 2.24) is 0 Å². The number of hydrogen-bond acceptors (Lipinski definition) is 4. The van der Waals surface area contributed by atoms with Crippen LogP contribution in [0.4, 0.5) is 0 Å². The minimum absolute atomic E-state index is 0. The summed E-state index contributed by atoms with van der Waals surface area (Å²) in [6.45, 7) is 4.01. The van der Waals surface area contributed by atoms with Gasteiger partial charge >= 0.3 is 29.6 Å². The van der Waals surface area contributed by atoms with Gasteiger partial charge in [0.1, 0.15) is 0 Å². The van der Waals surface area contributed by atoms with E-state index in [-0.39, 0.29) is 35.7 Å². The monoisotopic (exact) mass is 414 g/mol. The fraction of sp³-hybridized carbons (Fsp3) is 1.00. The molecule has 6 heteroatoms. The molecule has 0 aromatic heterocycles. The molecule has 0 fully saturated rings. The van der Waals surface area contributed by atoms with Gasteiger partial charge in [-0.3, -0.25) is 0 Å². The van der Waals surface area contributed by atoms with Crippen molar-refractivity contribution in [3.8, 4) is 0 Å². The van der Waals surface area contributed by atoms with Crippen LogP contribution in [0.15, 0.2) is 0 Å². The summed E-state index contributed by atoms with van der Waals surface area (Å²) in [6, 6.07) is 0. The maximum absolute atomic E-state index is 11.4. The van der Waals surface area contributed by atoms with Crippen LogP contribution in [-0.2, 0) is 10.1 Å². The van der Waals surface area contributed by atoms with Gasteiger partial charge in [-0.15, -0.1) is 0 Å². The predicted molar refractivity (Wildman–Crippen MR) is 109 cm³/mol. The van der Waals surface area contributed by atoms with Crippen molar-refractivity contribution in [3.63, 3.8) is 0 Å². The maximum atomic E-state index is 11.4. The molecule has 27 heavy (non-hydrogen) atoms. The Hall–Kier alpha value is 0.870. The average molecular weight is 415 g/mol. The summed E-state index contributed by atoms with van der Waals surface area (Å²) >= 11 is 0. The number of rotatable bonds is 19. The van der Waals surface area contributed by atoms with Crippen LogP contribution in [0.1, 0.15) is 123 Å². The summed E-state index contributed by atoms with van der Waals surface area (Å²) in [4.78, 5) is 0. The van der Waals surface area contributed by atoms with Crippen molar-refractivity contribution in [2.45, 2.75) is 134 Å². The standard InChI is InChI=1S/C21H44O4S.Na/c1-3-4-5-6-12-15-18-21(26(23,24)25)19-16-13-10-8-7-9-11-14-17-20(2)22;/h20-22H,3-19H2,1-2H3,(H,23,24,25);/q;+1/p-1. The predicted octanol–water partition coefficient (Wildman–Crippen LogP) is 2.94. The van der Waals surface area contributed by atoms with E-state index in [0.29, 0.717) is 12.8 Å². The van der Waals surface area contributed by atoms with Crippen molar-refractivity contribution < 1.29 is 47.6 Å². The van der Waals surface area contributed by atoms with Crippen LogP contribution < -0.4 is 29.6 Å². The Morgan fingerprint density at radius 2 is 1.04 bits per heavy atom. The largest absolute Gasteiger partial charge is 1.00 e. The van der Waals surface area contributed by atoms with E-state index in [1.54, 1.807) is 0 Å². The topological polar surface area (TPSA) is 77.4 Å². The summed E-state index contributed by atoms with van der Waals surface area (Å²) in [5, 5.41) is 8.52. The van der Waals surface area contributed by atoms with Crippen molar-refractivity contribution in [2.24, 2.45) is 0 Å². The normalized spacial score (nSPS) is 13.9. The summed E-state index contributed by atoms with van der Waals surface area (Å²) in [7, 11) is -4.15. The van der Waals surface area contributed by atoms with E-state index in [0.717, 1.165) is 51.4 Å². The Morgan fingerprint density at radius 3 is 1.37 bits per heavy atom. The minimum Gasteiger partial charge on any atom is -0.748 e. The summed E-state index contributed by atoms with van der Waals surface area (Å²) in [6.07, 6.45) is 17.4. The van der Waals surface area contributed by atoms with Gasteiger partial charge in [0.15, 0.2) is 0 Å². The van der Waals surface area contributed by atoms with E-state index in [9.17, 15) is 18.1 Å². The molecule has 0 aliphatic carbocycles. The molecule has 0 rings (SSSR count). The van der Waals surface area contributed by atoms with Crippen LogP contribution in [0.2, 0.25) is 0 Å². The van der Waals surface area contributed by atoms with Crippen LogP contribution >= 0.6 is 0 Å². The van der Waals surface area contributed by atoms with E-state index >= 15 is 0 Å². The molecule has 0 radical (unpaired) electrons. The molecule has 1 N–H and O–H groups in total. The zero-order chi connectivity index (χ0) is 19.7. The molecule has 158 valence electrons. The Morgan fingerprint density at radius 1 is 0.704 bits per heavy atom. The molecule has 2 unspecified atom stereocenters. The Balaban J connectivity index is 0. The van der Waals surface area contributed by atoms with Gasteiger partial charge < -0.3 is 9.66 Å². The first kappa shape index (κ1) is 30.1. The molecular formula is C21H43NaO4S. The first-order chi connectivity index (χ1) is 12.4. The third kappa shape index (κ3) is 21.4. The first-order valence-electron chi connectivity index (χ1n) is 11.0. The van der Waals surface area contributed by atoms with E-state index in [1.807, 2.05) is 6.92 Å². The minimum atomic E-state index is -4.15. The molecule has 0 spiro atoms. The van der Waals surface area contributed by atoms with E-state index in [1.165, 1.54) is 44.9 Å². The molecule has 0 saturated heterocycles. The van der Waals surface area contributed by atoms with Crippen molar-refractivity contribution >= 4 is 10.1 Å². The fourth-order valence-corrected chi connectivity index (χ4v) is 4.37. The molecule has 0 aliphatic heterocycles. The second-order valence-electron chi connectivity index (χ2n) is 7.93. The molecule has 4 nitrogen and oxygen atoms in total. The number of aliphatic hydroxyl groups is 1. The molecule has 0 heterocycles. The molecule has 0 aromatic rings. The second kappa shape index (κ2) is 20.2. The van der Waals surface area contributed by atoms with Gasteiger partial charge in [-0.05, 0) is 26.2 Å². The number of hydrogen-bond donors (Lipinski definition) is 1. The third-order valence-electron chi connectivity index (χ3n) is 5.19. The van der Waals surface area contributed by atoms with Gasteiger partial charge in [0.2, 0.25) is 0 Å². The van der Waals surface area contributed by atoms with Gasteiger partial charge in [0.05, 0.1) is 16.2 Å².